The molecule has 187 valence electrons. The van der Waals surface area contributed by atoms with Crippen molar-refractivity contribution < 1.29 is 55.5 Å². The number of hydrogen-bond donors (Lipinski definition) is 1. The Hall–Kier alpha value is 1.63. The van der Waals surface area contributed by atoms with Crippen LogP contribution in [0.4, 0.5) is 0 Å². The average molecular weight is 871 g/mol. The van der Waals surface area contributed by atoms with Gasteiger partial charge in [0.1, 0.15) is 6.61 Å². The Kier molecular flexibility index (Phi) is 26.2. The fourth-order valence-electron chi connectivity index (χ4n) is 2.66. The third-order valence-corrected chi connectivity index (χ3v) is 6.45. The van der Waals surface area contributed by atoms with E-state index in [9.17, 15) is 0 Å². The van der Waals surface area contributed by atoms with Crippen molar-refractivity contribution in [3.05, 3.63) is 0 Å². The predicted molar refractivity (Wildman–Crippen MR) is 127 cm³/mol. The van der Waals surface area contributed by atoms with Crippen molar-refractivity contribution in [1.29, 1.82) is 5.26 Å². The largest absolute Gasteiger partial charge is 0.321 e. The Morgan fingerprint density at radius 1 is 0.935 bits per heavy atom. The van der Waals surface area contributed by atoms with E-state index in [1.807, 2.05) is 4.90 Å². The van der Waals surface area contributed by atoms with Crippen molar-refractivity contribution in [3.63, 3.8) is 0 Å². The monoisotopic (exact) mass is 872 g/mol. The molecule has 0 saturated heterocycles. The molecule has 0 aromatic rings. The van der Waals surface area contributed by atoms with E-state index < -0.39 is 8.53 Å². The van der Waals surface area contributed by atoms with Crippen LogP contribution in [-0.2, 0) is 50.2 Å². The van der Waals surface area contributed by atoms with Crippen molar-refractivity contribution in [2.75, 3.05) is 46.1 Å². The maximum Gasteiger partial charge on any atom is 0.259 e. The van der Waals surface area contributed by atoms with Gasteiger partial charge >= 0.3 is 0 Å². The molecule has 11 nitrogen and oxygen atoms in total. The third-order valence-electron chi connectivity index (χ3n) is 3.84. The minimum absolute atomic E-state index is 0. The van der Waals surface area contributed by atoms with Crippen LogP contribution >= 0.6 is 54.5 Å². The van der Waals surface area contributed by atoms with Gasteiger partial charge in [-0.2, -0.15) is 11.7 Å². The first-order chi connectivity index (χ1) is 14.4. The number of rotatable bonds is 20. The van der Waals surface area contributed by atoms with Gasteiger partial charge in [0.15, 0.2) is 46.0 Å². The zero-order valence-electron chi connectivity index (χ0n) is 18.1. The summed E-state index contributed by atoms with van der Waals surface area (Å²) in [7, 11) is -1.34. The minimum atomic E-state index is -1.34. The number of halogens is 2. The van der Waals surface area contributed by atoms with Gasteiger partial charge in [-0.25, -0.2) is 19.3 Å². The molecule has 31 heavy (non-hydrogen) atoms. The first-order valence-corrected chi connectivity index (χ1v) is 12.3. The van der Waals surface area contributed by atoms with Gasteiger partial charge in [-0.3, -0.25) is 10.2 Å². The van der Waals surface area contributed by atoms with E-state index in [1.54, 1.807) is 46.0 Å². The summed E-state index contributed by atoms with van der Waals surface area (Å²) >= 11 is 3.27. The Morgan fingerprint density at radius 3 is 2.03 bits per heavy atom. The van der Waals surface area contributed by atoms with Crippen LogP contribution in [0.2, 0.25) is 0 Å². The summed E-state index contributed by atoms with van der Waals surface area (Å²) in [6, 6.07) is 2.21. The molecule has 0 aliphatic carbocycles. The molecular formula is C16H32I2IrN3O8P. The Bertz CT molecular complexity index is 450. The molecule has 0 saturated carbocycles. The first-order valence-electron chi connectivity index (χ1n) is 9.44. The maximum atomic E-state index is 8.92. The molecule has 0 bridgehead atoms. The van der Waals surface area contributed by atoms with Crippen LogP contribution in [0, 0.1) is 11.3 Å². The summed E-state index contributed by atoms with van der Waals surface area (Å²) in [6.07, 6.45) is 0.301. The zero-order valence-corrected chi connectivity index (χ0v) is 25.7. The van der Waals surface area contributed by atoms with E-state index in [2.05, 4.69) is 49.8 Å². The summed E-state index contributed by atoms with van der Waals surface area (Å²) in [6.45, 7) is 10.4. The van der Waals surface area contributed by atoms with Crippen molar-refractivity contribution in [2.45, 2.75) is 52.2 Å². The van der Waals surface area contributed by atoms with Crippen LogP contribution < -0.4 is 0 Å². The normalized spacial score (nSPS) is 13.6. The molecule has 0 aliphatic heterocycles. The third kappa shape index (κ3) is 16.8. The van der Waals surface area contributed by atoms with E-state index in [0.29, 0.717) is 39.3 Å². The molecule has 0 amide bonds. The molecule has 0 aliphatic rings. The smallest absolute Gasteiger partial charge is 0.259 e. The van der Waals surface area contributed by atoms with Gasteiger partial charge in [0, 0.05) is 45.3 Å². The maximum absolute atomic E-state index is 8.92. The number of nitriles is 1. The average Bonchev–Trinajstić information content (AvgIpc) is 2.69. The summed E-state index contributed by atoms with van der Waals surface area (Å²) in [5.74, 6) is 0. The fraction of sp³-hybridized carbons (Fsp3) is 0.938. The molecule has 0 aromatic heterocycles. The Morgan fingerprint density at radius 2 is 1.52 bits per heavy atom. The van der Waals surface area contributed by atoms with Gasteiger partial charge < -0.3 is 9.05 Å². The molecule has 0 fully saturated rings. The molecule has 0 rings (SSSR count). The van der Waals surface area contributed by atoms with E-state index >= 15 is 0 Å². The van der Waals surface area contributed by atoms with E-state index in [-0.39, 0.29) is 51.4 Å². The van der Waals surface area contributed by atoms with Gasteiger partial charge in [-0.15, -0.1) is 0 Å². The van der Waals surface area contributed by atoms with Gasteiger partial charge in [0.25, 0.3) is 8.53 Å². The summed E-state index contributed by atoms with van der Waals surface area (Å²) < 4.78 is 23.4. The van der Waals surface area contributed by atoms with Gasteiger partial charge in [0.2, 0.25) is 0 Å². The zero-order chi connectivity index (χ0) is 22.8. The SMILES string of the molecule is CC(C)N(C(C)C)P(OCCC#N)OCCN(CCOOI)C(COO)COOI.[Ir]. The quantitative estimate of drug-likeness (QED) is 0.0630. The van der Waals surface area contributed by atoms with Crippen molar-refractivity contribution in [1.82, 2.24) is 9.57 Å². The molecule has 1 radical (unpaired) electrons. The second-order valence-corrected chi connectivity index (χ2v) is 8.77. The van der Waals surface area contributed by atoms with Crippen LogP contribution in [0.3, 0.4) is 0 Å². The molecular weight excluding hydrogens is 839 g/mol. The van der Waals surface area contributed by atoms with Crippen LogP contribution in [0.1, 0.15) is 34.1 Å². The molecule has 2 atom stereocenters. The van der Waals surface area contributed by atoms with E-state index in [0.717, 1.165) is 0 Å². The van der Waals surface area contributed by atoms with Crippen molar-refractivity contribution in [2.24, 2.45) is 0 Å². The second-order valence-electron chi connectivity index (χ2n) is 6.60. The molecule has 0 heterocycles. The first kappa shape index (κ1) is 34.8. The van der Waals surface area contributed by atoms with Crippen LogP contribution in [-0.4, -0.2) is 79.1 Å². The summed E-state index contributed by atoms with van der Waals surface area (Å²) in [5.41, 5.74) is 0. The van der Waals surface area contributed by atoms with Gasteiger partial charge in [0.05, 0.1) is 45.0 Å². The topological polar surface area (TPSA) is 115 Å². The Balaban J connectivity index is 0. The minimum Gasteiger partial charge on any atom is -0.321 e. The molecule has 0 aromatic carbocycles. The van der Waals surface area contributed by atoms with Crippen LogP contribution in [0.5, 0.6) is 0 Å². The summed E-state index contributed by atoms with van der Waals surface area (Å²) in [4.78, 5) is 16.3. The van der Waals surface area contributed by atoms with Crippen molar-refractivity contribution in [3.8, 4) is 6.07 Å². The van der Waals surface area contributed by atoms with Crippen molar-refractivity contribution >= 4 is 54.5 Å². The van der Waals surface area contributed by atoms with Gasteiger partial charge in [-0.1, -0.05) is 0 Å². The summed E-state index contributed by atoms with van der Waals surface area (Å²) in [5, 5.41) is 17.7. The Labute approximate surface area is 227 Å². The number of nitrogens with zero attached hydrogens (tertiary/aromatic N) is 3. The fourth-order valence-corrected chi connectivity index (χ4v) is 4.57. The van der Waals surface area contributed by atoms with E-state index in [1.165, 1.54) is 0 Å². The van der Waals surface area contributed by atoms with Crippen LogP contribution in [0.15, 0.2) is 0 Å². The standard InChI is InChI=1S/C16H32I2N3O8P.Ir/c1-14(2)21(15(3)4)30(26-9-5-6-19)27-11-8-20(7-10-24-28-17)16(12-23-22)13-25-29-18;/h14-16,22H,5,7-13H2,1-4H3;. The van der Waals surface area contributed by atoms with Gasteiger partial charge in [-0.05, 0) is 27.7 Å². The molecule has 2 unspecified atom stereocenters. The molecule has 15 heteroatoms. The van der Waals surface area contributed by atoms with Crippen LogP contribution in [0.25, 0.3) is 0 Å². The van der Waals surface area contributed by atoms with E-state index in [4.69, 9.17) is 29.3 Å². The number of hydrogen-bond acceptors (Lipinski definition) is 11. The predicted octanol–water partition coefficient (Wildman–Crippen LogP) is 4.03. The molecule has 0 spiro atoms. The second kappa shape index (κ2) is 23.4. The molecule has 1 N–H and O–H groups in total.